The Morgan fingerprint density at radius 2 is 1.76 bits per heavy atom. The molecule has 1 N–H and O–H groups in total. The molecular weight excluding hydrogens is 328 g/mol. The molecule has 1 aromatic carbocycles. The van der Waals surface area contributed by atoms with E-state index in [2.05, 4.69) is 11.9 Å². The summed E-state index contributed by atoms with van der Waals surface area (Å²) in [6.07, 6.45) is 2.73. The van der Waals surface area contributed by atoms with Gasteiger partial charge in [0.05, 0.1) is 21.3 Å². The maximum absolute atomic E-state index is 12.4. The third kappa shape index (κ3) is 3.32. The highest BCUT2D eigenvalue weighted by Gasteiger charge is 2.35. The first kappa shape index (κ1) is 18.1. The van der Waals surface area contributed by atoms with E-state index in [4.69, 9.17) is 14.2 Å². The topological polar surface area (TPSA) is 94.2 Å². The predicted molar refractivity (Wildman–Crippen MR) is 89.5 cm³/mol. The number of carbonyl (C=O) groups is 3. The van der Waals surface area contributed by atoms with Gasteiger partial charge in [0, 0.05) is 12.1 Å². The fourth-order valence-corrected chi connectivity index (χ4v) is 2.38. The summed E-state index contributed by atoms with van der Waals surface area (Å²) in [6.45, 7) is 3.48. The van der Waals surface area contributed by atoms with Gasteiger partial charge in [0.2, 0.25) is 5.75 Å². The van der Waals surface area contributed by atoms with Gasteiger partial charge >= 0.3 is 6.03 Å². The fourth-order valence-electron chi connectivity index (χ4n) is 2.38. The Kier molecular flexibility index (Phi) is 5.43. The molecule has 0 saturated carbocycles. The van der Waals surface area contributed by atoms with Crippen molar-refractivity contribution in [2.45, 2.75) is 0 Å². The molecule has 0 unspecified atom stereocenters. The first-order valence-electron chi connectivity index (χ1n) is 7.27. The fraction of sp³-hybridized carbons (Fsp3) is 0.235. The van der Waals surface area contributed by atoms with Crippen LogP contribution in [-0.2, 0) is 9.59 Å². The van der Waals surface area contributed by atoms with Gasteiger partial charge in [-0.1, -0.05) is 6.08 Å². The van der Waals surface area contributed by atoms with Crippen molar-refractivity contribution in [3.63, 3.8) is 0 Å². The minimum atomic E-state index is -0.786. The minimum Gasteiger partial charge on any atom is -0.493 e. The molecule has 0 bridgehead atoms. The molecule has 25 heavy (non-hydrogen) atoms. The van der Waals surface area contributed by atoms with Gasteiger partial charge in [0.1, 0.15) is 5.57 Å². The highest BCUT2D eigenvalue weighted by molar-refractivity contribution is 6.31. The molecule has 1 aliphatic rings. The second-order valence-electron chi connectivity index (χ2n) is 4.95. The van der Waals surface area contributed by atoms with E-state index in [-0.39, 0.29) is 12.1 Å². The lowest BCUT2D eigenvalue weighted by Crippen LogP contribution is -2.54. The van der Waals surface area contributed by atoms with Crippen LogP contribution < -0.4 is 19.5 Å². The molecule has 0 aromatic heterocycles. The molecule has 0 spiro atoms. The third-order valence-corrected chi connectivity index (χ3v) is 3.53. The largest absolute Gasteiger partial charge is 0.493 e. The summed E-state index contributed by atoms with van der Waals surface area (Å²) in [5, 5.41) is 2.12. The van der Waals surface area contributed by atoms with Crippen LogP contribution in [0.1, 0.15) is 5.56 Å². The Morgan fingerprint density at radius 3 is 2.32 bits per heavy atom. The Morgan fingerprint density at radius 1 is 1.08 bits per heavy atom. The maximum Gasteiger partial charge on any atom is 0.331 e. The molecule has 1 heterocycles. The highest BCUT2D eigenvalue weighted by atomic mass is 16.5. The second kappa shape index (κ2) is 7.52. The molecule has 1 fully saturated rings. The van der Waals surface area contributed by atoms with E-state index < -0.39 is 17.8 Å². The van der Waals surface area contributed by atoms with E-state index in [1.807, 2.05) is 0 Å². The van der Waals surface area contributed by atoms with Crippen LogP contribution in [0.3, 0.4) is 0 Å². The zero-order chi connectivity index (χ0) is 18.6. The number of ether oxygens (including phenoxy) is 3. The standard InChI is InChI=1S/C17H18N2O6/c1-5-8-19-16(21)11(15(20)18-17(19)22)9-10-6-7-12(23-2)14(25-4)13(10)24-3/h5-7,9H,1,8H2,2-4H3,(H,18,20,22)/b11-9+. The van der Waals surface area contributed by atoms with Crippen molar-refractivity contribution < 1.29 is 28.6 Å². The normalized spacial score (nSPS) is 15.9. The first-order chi connectivity index (χ1) is 12.0. The summed E-state index contributed by atoms with van der Waals surface area (Å²) in [4.78, 5) is 37.2. The number of nitrogens with one attached hydrogen (secondary N) is 1. The van der Waals surface area contributed by atoms with Gasteiger partial charge in [0.25, 0.3) is 11.8 Å². The van der Waals surface area contributed by atoms with E-state index in [0.717, 1.165) is 4.90 Å². The second-order valence-corrected chi connectivity index (χ2v) is 4.95. The number of carbonyl (C=O) groups excluding carboxylic acids is 3. The monoisotopic (exact) mass is 346 g/mol. The third-order valence-electron chi connectivity index (χ3n) is 3.53. The molecule has 1 saturated heterocycles. The van der Waals surface area contributed by atoms with E-state index in [9.17, 15) is 14.4 Å². The SMILES string of the molecule is C=CCN1C(=O)NC(=O)/C(=C\c2ccc(OC)c(OC)c2OC)C1=O. The number of urea groups is 1. The number of benzene rings is 1. The van der Waals surface area contributed by atoms with Crippen molar-refractivity contribution >= 4 is 23.9 Å². The lowest BCUT2D eigenvalue weighted by molar-refractivity contribution is -0.129. The van der Waals surface area contributed by atoms with Gasteiger partial charge in [0.15, 0.2) is 11.5 Å². The zero-order valence-corrected chi connectivity index (χ0v) is 14.1. The Labute approximate surface area is 144 Å². The molecule has 0 radical (unpaired) electrons. The smallest absolute Gasteiger partial charge is 0.331 e. The number of amides is 4. The maximum atomic E-state index is 12.4. The van der Waals surface area contributed by atoms with Crippen LogP contribution in [0.2, 0.25) is 0 Å². The number of nitrogens with zero attached hydrogens (tertiary/aromatic N) is 1. The number of rotatable bonds is 6. The van der Waals surface area contributed by atoms with E-state index in [1.165, 1.54) is 33.5 Å². The average Bonchev–Trinajstić information content (AvgIpc) is 2.61. The molecule has 0 aliphatic carbocycles. The van der Waals surface area contributed by atoms with Crippen molar-refractivity contribution in [1.82, 2.24) is 10.2 Å². The summed E-state index contributed by atoms with van der Waals surface area (Å²) in [6, 6.07) is 2.44. The van der Waals surface area contributed by atoms with Crippen molar-refractivity contribution in [1.29, 1.82) is 0 Å². The zero-order valence-electron chi connectivity index (χ0n) is 14.1. The average molecular weight is 346 g/mol. The summed E-state index contributed by atoms with van der Waals surface area (Å²) in [7, 11) is 4.35. The molecule has 8 heteroatoms. The molecule has 132 valence electrons. The minimum absolute atomic E-state index is 0.0155. The van der Waals surface area contributed by atoms with Gasteiger partial charge < -0.3 is 14.2 Å². The Hall–Kier alpha value is -3.29. The summed E-state index contributed by atoms with van der Waals surface area (Å²) in [5.74, 6) is -0.453. The van der Waals surface area contributed by atoms with Crippen molar-refractivity contribution in [3.05, 3.63) is 35.9 Å². The van der Waals surface area contributed by atoms with Crippen LogP contribution in [0.25, 0.3) is 6.08 Å². The lowest BCUT2D eigenvalue weighted by atomic mass is 10.1. The Balaban J connectivity index is 2.54. The van der Waals surface area contributed by atoms with Crippen molar-refractivity contribution in [3.8, 4) is 17.2 Å². The number of hydrogen-bond donors (Lipinski definition) is 1. The van der Waals surface area contributed by atoms with E-state index >= 15 is 0 Å². The Bertz CT molecular complexity index is 769. The van der Waals surface area contributed by atoms with Crippen LogP contribution in [0.5, 0.6) is 17.2 Å². The predicted octanol–water partition coefficient (Wildman–Crippen LogP) is 1.36. The van der Waals surface area contributed by atoms with E-state index in [1.54, 1.807) is 12.1 Å². The lowest BCUT2D eigenvalue weighted by Gasteiger charge is -2.25. The van der Waals surface area contributed by atoms with Gasteiger partial charge in [-0.3, -0.25) is 19.8 Å². The van der Waals surface area contributed by atoms with Crippen LogP contribution in [0, 0.1) is 0 Å². The molecule has 0 atom stereocenters. The van der Waals surface area contributed by atoms with Crippen LogP contribution in [-0.4, -0.2) is 50.6 Å². The van der Waals surface area contributed by atoms with E-state index in [0.29, 0.717) is 22.8 Å². The van der Waals surface area contributed by atoms with Gasteiger partial charge in [-0.05, 0) is 18.2 Å². The number of hydrogen-bond acceptors (Lipinski definition) is 6. The van der Waals surface area contributed by atoms with Crippen LogP contribution in [0.4, 0.5) is 4.79 Å². The van der Waals surface area contributed by atoms with Gasteiger partial charge in [-0.2, -0.15) is 0 Å². The van der Waals surface area contributed by atoms with Crippen molar-refractivity contribution in [2.75, 3.05) is 27.9 Å². The summed E-state index contributed by atoms with van der Waals surface area (Å²) < 4.78 is 15.8. The van der Waals surface area contributed by atoms with Crippen LogP contribution >= 0.6 is 0 Å². The van der Waals surface area contributed by atoms with Crippen LogP contribution in [0.15, 0.2) is 30.4 Å². The molecule has 4 amide bonds. The molecule has 1 aromatic rings. The van der Waals surface area contributed by atoms with Gasteiger partial charge in [-0.15, -0.1) is 6.58 Å². The number of methoxy groups -OCH3 is 3. The molecular formula is C17H18N2O6. The molecule has 2 rings (SSSR count). The quantitative estimate of drug-likeness (QED) is 0.475. The summed E-state index contributed by atoms with van der Waals surface area (Å²) in [5.41, 5.74) is 0.221. The number of barbiturate groups is 1. The molecule has 8 nitrogen and oxygen atoms in total. The van der Waals surface area contributed by atoms with Crippen molar-refractivity contribution in [2.24, 2.45) is 0 Å². The summed E-state index contributed by atoms with van der Waals surface area (Å²) >= 11 is 0. The molecule has 1 aliphatic heterocycles. The number of imide groups is 2. The highest BCUT2D eigenvalue weighted by Crippen LogP contribution is 2.40. The first-order valence-corrected chi connectivity index (χ1v) is 7.27. The van der Waals surface area contributed by atoms with Gasteiger partial charge in [-0.25, -0.2) is 4.79 Å².